The molecule has 0 heterocycles. The summed E-state index contributed by atoms with van der Waals surface area (Å²) in [5, 5.41) is 10.4. The first-order valence-electron chi connectivity index (χ1n) is 5.78. The number of rotatable bonds is 3. The van der Waals surface area contributed by atoms with Crippen LogP contribution in [0.5, 0.6) is 11.5 Å². The second kappa shape index (κ2) is 5.76. The van der Waals surface area contributed by atoms with Crippen LogP contribution in [0.1, 0.15) is 11.1 Å². The zero-order chi connectivity index (χ0) is 13.8. The van der Waals surface area contributed by atoms with Crippen LogP contribution in [0.25, 0.3) is 0 Å². The average Bonchev–Trinajstić information content (AvgIpc) is 2.42. The van der Waals surface area contributed by atoms with Crippen molar-refractivity contribution in [2.45, 2.75) is 6.92 Å². The molecule has 0 atom stereocenters. The molecule has 0 aliphatic heterocycles. The van der Waals surface area contributed by atoms with E-state index in [0.29, 0.717) is 16.3 Å². The SMILES string of the molecule is COc1ccc(O)c(C=Nc2cccc(Cl)c2C)c1. The topological polar surface area (TPSA) is 41.8 Å². The summed E-state index contributed by atoms with van der Waals surface area (Å²) in [6.07, 6.45) is 1.59. The van der Waals surface area contributed by atoms with Crippen molar-refractivity contribution >= 4 is 23.5 Å². The smallest absolute Gasteiger partial charge is 0.124 e. The lowest BCUT2D eigenvalue weighted by molar-refractivity contribution is 0.412. The van der Waals surface area contributed by atoms with Gasteiger partial charge in [0, 0.05) is 16.8 Å². The van der Waals surface area contributed by atoms with E-state index in [4.69, 9.17) is 16.3 Å². The van der Waals surface area contributed by atoms with Gasteiger partial charge in [0.05, 0.1) is 12.8 Å². The Labute approximate surface area is 117 Å². The Hall–Kier alpha value is -2.00. The summed E-state index contributed by atoms with van der Waals surface area (Å²) in [6, 6.07) is 10.5. The normalized spacial score (nSPS) is 10.9. The molecule has 0 aliphatic carbocycles. The Kier molecular flexibility index (Phi) is 4.07. The van der Waals surface area contributed by atoms with E-state index in [-0.39, 0.29) is 5.75 Å². The summed E-state index contributed by atoms with van der Waals surface area (Å²) >= 11 is 6.03. The van der Waals surface area contributed by atoms with Gasteiger partial charge in [-0.2, -0.15) is 0 Å². The summed E-state index contributed by atoms with van der Waals surface area (Å²) in [6.45, 7) is 1.90. The first-order chi connectivity index (χ1) is 9.11. The monoisotopic (exact) mass is 275 g/mol. The van der Waals surface area contributed by atoms with Crippen molar-refractivity contribution in [3.8, 4) is 11.5 Å². The molecule has 0 saturated heterocycles. The van der Waals surface area contributed by atoms with Crippen molar-refractivity contribution < 1.29 is 9.84 Å². The summed E-state index contributed by atoms with van der Waals surface area (Å²) in [5.74, 6) is 0.825. The summed E-state index contributed by atoms with van der Waals surface area (Å²) < 4.78 is 5.11. The molecule has 0 unspecified atom stereocenters. The van der Waals surface area contributed by atoms with Crippen molar-refractivity contribution in [2.24, 2.45) is 4.99 Å². The van der Waals surface area contributed by atoms with E-state index >= 15 is 0 Å². The fraction of sp³-hybridized carbons (Fsp3) is 0.133. The maximum absolute atomic E-state index is 9.76. The number of ether oxygens (including phenoxy) is 1. The van der Waals surface area contributed by atoms with E-state index in [1.807, 2.05) is 25.1 Å². The maximum Gasteiger partial charge on any atom is 0.124 e. The number of phenols is 1. The molecular formula is C15H14ClNO2. The molecule has 0 aromatic heterocycles. The molecular weight excluding hydrogens is 262 g/mol. The largest absolute Gasteiger partial charge is 0.507 e. The number of hydrogen-bond donors (Lipinski definition) is 1. The predicted molar refractivity (Wildman–Crippen MR) is 78.1 cm³/mol. The van der Waals surface area contributed by atoms with Crippen molar-refractivity contribution in [3.05, 3.63) is 52.5 Å². The highest BCUT2D eigenvalue weighted by Crippen LogP contribution is 2.26. The van der Waals surface area contributed by atoms with Gasteiger partial charge in [0.15, 0.2) is 0 Å². The molecule has 2 rings (SSSR count). The zero-order valence-corrected chi connectivity index (χ0v) is 11.5. The Morgan fingerprint density at radius 2 is 2.05 bits per heavy atom. The van der Waals surface area contributed by atoms with E-state index in [9.17, 15) is 5.11 Å². The lowest BCUT2D eigenvalue weighted by Gasteiger charge is -2.04. The van der Waals surface area contributed by atoms with Gasteiger partial charge in [-0.3, -0.25) is 4.99 Å². The minimum absolute atomic E-state index is 0.157. The maximum atomic E-state index is 9.76. The van der Waals surface area contributed by atoms with E-state index in [0.717, 1.165) is 11.3 Å². The van der Waals surface area contributed by atoms with Crippen LogP contribution in [0.2, 0.25) is 5.02 Å². The van der Waals surface area contributed by atoms with E-state index in [1.165, 1.54) is 0 Å². The highest BCUT2D eigenvalue weighted by Gasteiger charge is 2.02. The van der Waals surface area contributed by atoms with Gasteiger partial charge < -0.3 is 9.84 Å². The van der Waals surface area contributed by atoms with Crippen LogP contribution in [0.4, 0.5) is 5.69 Å². The summed E-state index contributed by atoms with van der Waals surface area (Å²) in [7, 11) is 1.58. The van der Waals surface area contributed by atoms with Crippen LogP contribution in [0.3, 0.4) is 0 Å². The van der Waals surface area contributed by atoms with Crippen LogP contribution < -0.4 is 4.74 Å². The molecule has 98 valence electrons. The summed E-state index contributed by atoms with van der Waals surface area (Å²) in [4.78, 5) is 4.35. The molecule has 3 nitrogen and oxygen atoms in total. The molecule has 4 heteroatoms. The van der Waals surface area contributed by atoms with E-state index in [1.54, 1.807) is 31.5 Å². The van der Waals surface area contributed by atoms with Gasteiger partial charge in [-0.1, -0.05) is 17.7 Å². The third kappa shape index (κ3) is 3.06. The standard InChI is InChI=1S/C15H14ClNO2/c1-10-13(16)4-3-5-14(10)17-9-11-8-12(19-2)6-7-15(11)18/h3-9,18H,1-2H3. The molecule has 1 N–H and O–H groups in total. The second-order valence-corrected chi connectivity index (χ2v) is 4.47. The van der Waals surface area contributed by atoms with Crippen molar-refractivity contribution in [1.29, 1.82) is 0 Å². The molecule has 2 aromatic rings. The number of aliphatic imine (C=N–C) groups is 1. The van der Waals surface area contributed by atoms with Crippen LogP contribution in [0.15, 0.2) is 41.4 Å². The second-order valence-electron chi connectivity index (χ2n) is 4.07. The Bertz CT molecular complexity index is 624. The minimum atomic E-state index is 0.157. The highest BCUT2D eigenvalue weighted by atomic mass is 35.5. The van der Waals surface area contributed by atoms with Crippen LogP contribution >= 0.6 is 11.6 Å². The van der Waals surface area contributed by atoms with Crippen LogP contribution in [0, 0.1) is 6.92 Å². The highest BCUT2D eigenvalue weighted by molar-refractivity contribution is 6.31. The number of nitrogens with zero attached hydrogens (tertiary/aromatic N) is 1. The van der Waals surface area contributed by atoms with Gasteiger partial charge >= 0.3 is 0 Å². The lowest BCUT2D eigenvalue weighted by atomic mass is 10.2. The molecule has 0 radical (unpaired) electrons. The van der Waals surface area contributed by atoms with Gasteiger partial charge in [-0.15, -0.1) is 0 Å². The Balaban J connectivity index is 2.35. The number of hydrogen-bond acceptors (Lipinski definition) is 3. The minimum Gasteiger partial charge on any atom is -0.507 e. The molecule has 19 heavy (non-hydrogen) atoms. The number of phenolic OH excluding ortho intramolecular Hbond substituents is 1. The fourth-order valence-electron chi connectivity index (χ4n) is 1.64. The molecule has 0 spiro atoms. The zero-order valence-electron chi connectivity index (χ0n) is 10.7. The molecule has 2 aromatic carbocycles. The Morgan fingerprint density at radius 1 is 1.26 bits per heavy atom. The third-order valence-corrected chi connectivity index (χ3v) is 3.23. The lowest BCUT2D eigenvalue weighted by Crippen LogP contribution is -1.87. The summed E-state index contributed by atoms with van der Waals surface area (Å²) in [5.41, 5.74) is 2.27. The van der Waals surface area contributed by atoms with E-state index in [2.05, 4.69) is 4.99 Å². The van der Waals surface area contributed by atoms with Gasteiger partial charge in [0.1, 0.15) is 11.5 Å². The number of benzene rings is 2. The van der Waals surface area contributed by atoms with Crippen molar-refractivity contribution in [2.75, 3.05) is 7.11 Å². The fourth-order valence-corrected chi connectivity index (χ4v) is 1.81. The molecule has 0 saturated carbocycles. The molecule has 0 bridgehead atoms. The third-order valence-electron chi connectivity index (χ3n) is 2.82. The Morgan fingerprint density at radius 3 is 2.79 bits per heavy atom. The van der Waals surface area contributed by atoms with Gasteiger partial charge in [-0.25, -0.2) is 0 Å². The molecule has 0 amide bonds. The van der Waals surface area contributed by atoms with Crippen molar-refractivity contribution in [1.82, 2.24) is 0 Å². The molecule has 0 fully saturated rings. The van der Waals surface area contributed by atoms with Crippen LogP contribution in [-0.2, 0) is 0 Å². The predicted octanol–water partition coefficient (Wildman–Crippen LogP) is 4.11. The first-order valence-corrected chi connectivity index (χ1v) is 6.16. The first kappa shape index (κ1) is 13.4. The number of aromatic hydroxyl groups is 1. The van der Waals surface area contributed by atoms with Gasteiger partial charge in [0.25, 0.3) is 0 Å². The van der Waals surface area contributed by atoms with E-state index < -0.39 is 0 Å². The quantitative estimate of drug-likeness (QED) is 0.857. The average molecular weight is 276 g/mol. The number of methoxy groups -OCH3 is 1. The number of halogens is 1. The van der Waals surface area contributed by atoms with Crippen LogP contribution in [-0.4, -0.2) is 18.4 Å². The van der Waals surface area contributed by atoms with Crippen molar-refractivity contribution in [3.63, 3.8) is 0 Å². The van der Waals surface area contributed by atoms with Gasteiger partial charge in [-0.05, 0) is 42.8 Å². The van der Waals surface area contributed by atoms with Gasteiger partial charge in [0.2, 0.25) is 0 Å². The molecule has 0 aliphatic rings.